The van der Waals surface area contributed by atoms with Gasteiger partial charge in [-0.25, -0.2) is 0 Å². The highest BCUT2D eigenvalue weighted by molar-refractivity contribution is 9.10. The van der Waals surface area contributed by atoms with Gasteiger partial charge >= 0.3 is 0 Å². The molecule has 0 amide bonds. The van der Waals surface area contributed by atoms with E-state index in [1.54, 1.807) is 0 Å². The largest absolute Gasteiger partial charge is 0.308 e. The van der Waals surface area contributed by atoms with Gasteiger partial charge < -0.3 is 5.32 Å². The number of nitrogens with one attached hydrogen (secondary N) is 1. The number of nitrogens with zero attached hydrogens (tertiary/aromatic N) is 4. The van der Waals surface area contributed by atoms with E-state index in [4.69, 9.17) is 0 Å². The fourth-order valence-electron chi connectivity index (χ4n) is 2.37. The summed E-state index contributed by atoms with van der Waals surface area (Å²) in [5.41, 5.74) is 4.53. The molecule has 0 aliphatic heterocycles. The van der Waals surface area contributed by atoms with E-state index in [1.165, 1.54) is 11.3 Å². The summed E-state index contributed by atoms with van der Waals surface area (Å²) in [5, 5.41) is 12.1. The molecule has 5 nitrogen and oxygen atoms in total. The van der Waals surface area contributed by atoms with Gasteiger partial charge in [-0.1, -0.05) is 0 Å². The van der Waals surface area contributed by atoms with Crippen LogP contribution in [0.3, 0.4) is 0 Å². The molecular weight excluding hydrogens is 294 g/mol. The fourth-order valence-corrected chi connectivity index (χ4v) is 2.95. The third-order valence-electron chi connectivity index (χ3n) is 3.35. The van der Waals surface area contributed by atoms with Crippen LogP contribution in [0.2, 0.25) is 0 Å². The van der Waals surface area contributed by atoms with Crippen LogP contribution in [0.25, 0.3) is 0 Å². The molecule has 0 aromatic carbocycles. The number of rotatable bonds is 3. The number of halogens is 1. The lowest BCUT2D eigenvalue weighted by atomic mass is 10.0. The van der Waals surface area contributed by atoms with Gasteiger partial charge in [0.15, 0.2) is 0 Å². The normalized spacial score (nSPS) is 13.0. The molecule has 0 saturated heterocycles. The highest BCUT2D eigenvalue weighted by atomic mass is 79.9. The quantitative estimate of drug-likeness (QED) is 0.941. The maximum absolute atomic E-state index is 4.48. The van der Waals surface area contributed by atoms with Crippen LogP contribution in [-0.4, -0.2) is 26.6 Å². The zero-order valence-electron chi connectivity index (χ0n) is 11.3. The van der Waals surface area contributed by atoms with Crippen LogP contribution >= 0.6 is 15.9 Å². The monoisotopic (exact) mass is 311 g/mol. The molecule has 2 aromatic heterocycles. The topological polar surface area (TPSA) is 47.7 Å². The Hall–Kier alpha value is -1.14. The van der Waals surface area contributed by atoms with Crippen molar-refractivity contribution in [3.8, 4) is 0 Å². The lowest BCUT2D eigenvalue weighted by Gasteiger charge is -2.18. The number of hydrogen-bond acceptors (Lipinski definition) is 3. The molecule has 0 radical (unpaired) electrons. The van der Waals surface area contributed by atoms with Crippen molar-refractivity contribution in [3.63, 3.8) is 0 Å². The zero-order chi connectivity index (χ0) is 13.4. The molecule has 2 rings (SSSR count). The predicted molar refractivity (Wildman–Crippen MR) is 74.5 cm³/mol. The highest BCUT2D eigenvalue weighted by Gasteiger charge is 2.24. The van der Waals surface area contributed by atoms with E-state index in [0.717, 1.165) is 15.9 Å². The van der Waals surface area contributed by atoms with Gasteiger partial charge in [-0.05, 0) is 36.8 Å². The third kappa shape index (κ3) is 1.99. The van der Waals surface area contributed by atoms with Gasteiger partial charge in [0.1, 0.15) is 0 Å². The summed E-state index contributed by atoms with van der Waals surface area (Å²) in [5.74, 6) is 0. The van der Waals surface area contributed by atoms with E-state index in [2.05, 4.69) is 38.4 Å². The smallest absolute Gasteiger partial charge is 0.0793 e. The molecule has 2 heterocycles. The van der Waals surface area contributed by atoms with Crippen LogP contribution in [0.1, 0.15) is 28.7 Å². The number of aromatic nitrogens is 4. The van der Waals surface area contributed by atoms with Gasteiger partial charge in [0.2, 0.25) is 0 Å². The molecule has 1 N–H and O–H groups in total. The average molecular weight is 312 g/mol. The molecule has 98 valence electrons. The molecule has 6 heteroatoms. The van der Waals surface area contributed by atoms with E-state index >= 15 is 0 Å². The second-order valence-electron chi connectivity index (χ2n) is 4.43. The highest BCUT2D eigenvalue weighted by Crippen LogP contribution is 2.31. The van der Waals surface area contributed by atoms with Crippen molar-refractivity contribution in [2.45, 2.75) is 19.9 Å². The molecular formula is C12H18BrN5. The van der Waals surface area contributed by atoms with Crippen LogP contribution in [0.5, 0.6) is 0 Å². The SMILES string of the molecule is CNC(c1c(C)nn(C)c1C)c1c(Br)cnn1C. The van der Waals surface area contributed by atoms with Crippen molar-refractivity contribution in [2.24, 2.45) is 14.1 Å². The van der Waals surface area contributed by atoms with E-state index in [0.29, 0.717) is 0 Å². The molecule has 1 atom stereocenters. The maximum atomic E-state index is 4.48. The first-order chi connectivity index (χ1) is 8.47. The Bertz CT molecular complexity index is 550. The van der Waals surface area contributed by atoms with Crippen molar-refractivity contribution in [3.05, 3.63) is 33.3 Å². The van der Waals surface area contributed by atoms with Crippen molar-refractivity contribution >= 4 is 15.9 Å². The Labute approximate surface area is 115 Å². The zero-order valence-corrected chi connectivity index (χ0v) is 12.9. The van der Waals surface area contributed by atoms with Gasteiger partial charge in [-0.3, -0.25) is 9.36 Å². The van der Waals surface area contributed by atoms with Gasteiger partial charge in [-0.2, -0.15) is 10.2 Å². The Kier molecular flexibility index (Phi) is 3.59. The van der Waals surface area contributed by atoms with Gasteiger partial charge in [0.25, 0.3) is 0 Å². The molecule has 2 aromatic rings. The summed E-state index contributed by atoms with van der Waals surface area (Å²) in [6, 6.07) is 0.0839. The molecule has 0 aliphatic rings. The van der Waals surface area contributed by atoms with Crippen LogP contribution < -0.4 is 5.32 Å². The van der Waals surface area contributed by atoms with E-state index in [1.807, 2.05) is 43.6 Å². The summed E-state index contributed by atoms with van der Waals surface area (Å²) in [4.78, 5) is 0. The molecule has 1 unspecified atom stereocenters. The van der Waals surface area contributed by atoms with Crippen molar-refractivity contribution < 1.29 is 0 Å². The fraction of sp³-hybridized carbons (Fsp3) is 0.500. The molecule has 0 saturated carbocycles. The minimum absolute atomic E-state index is 0.0839. The summed E-state index contributed by atoms with van der Waals surface area (Å²) in [7, 11) is 5.87. The van der Waals surface area contributed by atoms with E-state index < -0.39 is 0 Å². The minimum atomic E-state index is 0.0839. The molecule has 0 spiro atoms. The van der Waals surface area contributed by atoms with Crippen molar-refractivity contribution in [1.82, 2.24) is 24.9 Å². The van der Waals surface area contributed by atoms with E-state index in [9.17, 15) is 0 Å². The van der Waals surface area contributed by atoms with Crippen molar-refractivity contribution in [2.75, 3.05) is 7.05 Å². The Morgan fingerprint density at radius 3 is 2.33 bits per heavy atom. The third-order valence-corrected chi connectivity index (χ3v) is 3.96. The number of hydrogen-bond donors (Lipinski definition) is 1. The Morgan fingerprint density at radius 2 is 1.94 bits per heavy atom. The van der Waals surface area contributed by atoms with Gasteiger partial charge in [0, 0.05) is 25.4 Å². The van der Waals surface area contributed by atoms with Gasteiger partial charge in [-0.15, -0.1) is 0 Å². The lowest BCUT2D eigenvalue weighted by Crippen LogP contribution is -2.22. The first-order valence-electron chi connectivity index (χ1n) is 5.82. The lowest BCUT2D eigenvalue weighted by molar-refractivity contribution is 0.598. The second-order valence-corrected chi connectivity index (χ2v) is 5.29. The predicted octanol–water partition coefficient (Wildman–Crippen LogP) is 1.84. The number of aryl methyl sites for hydroxylation is 3. The first-order valence-corrected chi connectivity index (χ1v) is 6.61. The Morgan fingerprint density at radius 1 is 1.28 bits per heavy atom. The van der Waals surface area contributed by atoms with Crippen LogP contribution in [0.15, 0.2) is 10.7 Å². The standard InChI is InChI=1S/C12H18BrN5/c1-7-10(8(2)17(4)16-7)11(14-3)12-9(13)6-15-18(12)5/h6,11,14H,1-5H3. The summed E-state index contributed by atoms with van der Waals surface area (Å²) in [6.45, 7) is 4.13. The van der Waals surface area contributed by atoms with E-state index in [-0.39, 0.29) is 6.04 Å². The average Bonchev–Trinajstić information content (AvgIpc) is 2.76. The molecule has 18 heavy (non-hydrogen) atoms. The molecule has 0 bridgehead atoms. The second kappa shape index (κ2) is 4.85. The first kappa shape index (κ1) is 13.3. The summed E-state index contributed by atoms with van der Waals surface area (Å²) < 4.78 is 4.81. The van der Waals surface area contributed by atoms with Crippen molar-refractivity contribution in [1.29, 1.82) is 0 Å². The molecule has 0 fully saturated rings. The van der Waals surface area contributed by atoms with Crippen LogP contribution in [-0.2, 0) is 14.1 Å². The minimum Gasteiger partial charge on any atom is -0.308 e. The van der Waals surface area contributed by atoms with Gasteiger partial charge in [0.05, 0.1) is 28.1 Å². The summed E-state index contributed by atoms with van der Waals surface area (Å²) >= 11 is 3.56. The maximum Gasteiger partial charge on any atom is 0.0793 e. The molecule has 0 aliphatic carbocycles. The summed E-state index contributed by atoms with van der Waals surface area (Å²) in [6.07, 6.45) is 1.82. The van der Waals surface area contributed by atoms with Crippen LogP contribution in [0, 0.1) is 13.8 Å². The van der Waals surface area contributed by atoms with Crippen LogP contribution in [0.4, 0.5) is 0 Å². The Balaban J connectivity index is 2.59.